The fourth-order valence-corrected chi connectivity index (χ4v) is 3.88. The number of rotatable bonds is 5. The molecule has 1 aliphatic carbocycles. The predicted octanol–water partition coefficient (Wildman–Crippen LogP) is 2.96. The van der Waals surface area contributed by atoms with Crippen molar-refractivity contribution < 1.29 is 0 Å². The van der Waals surface area contributed by atoms with Gasteiger partial charge in [-0.1, -0.05) is 19.4 Å². The van der Waals surface area contributed by atoms with E-state index in [9.17, 15) is 0 Å². The van der Waals surface area contributed by atoms with Gasteiger partial charge >= 0.3 is 0 Å². The van der Waals surface area contributed by atoms with Crippen LogP contribution in [0.1, 0.15) is 50.3 Å². The molecular formula is C17H27N3. The van der Waals surface area contributed by atoms with Crippen molar-refractivity contribution in [2.24, 2.45) is 5.92 Å². The predicted molar refractivity (Wildman–Crippen MR) is 82.4 cm³/mol. The highest BCUT2D eigenvalue weighted by Crippen LogP contribution is 2.37. The van der Waals surface area contributed by atoms with Gasteiger partial charge in [-0.3, -0.25) is 9.88 Å². The smallest absolute Gasteiger partial charge is 0.0544 e. The van der Waals surface area contributed by atoms with Crippen LogP contribution in [-0.4, -0.2) is 29.0 Å². The molecule has 0 amide bonds. The number of nitrogens with zero attached hydrogens (tertiary/aromatic N) is 2. The van der Waals surface area contributed by atoms with Crippen molar-refractivity contribution in [1.29, 1.82) is 0 Å². The fourth-order valence-electron chi connectivity index (χ4n) is 3.88. The largest absolute Gasteiger partial charge is 0.313 e. The first-order valence-corrected chi connectivity index (χ1v) is 8.25. The lowest BCUT2D eigenvalue weighted by Crippen LogP contribution is -2.42. The SMILES string of the molecule is CCNCc1ccc(CN2CCCC3CCCC32)nc1. The van der Waals surface area contributed by atoms with Crippen LogP contribution in [0.4, 0.5) is 0 Å². The van der Waals surface area contributed by atoms with Gasteiger partial charge < -0.3 is 5.32 Å². The summed E-state index contributed by atoms with van der Waals surface area (Å²) in [6.07, 6.45) is 9.16. The van der Waals surface area contributed by atoms with Crippen molar-refractivity contribution in [1.82, 2.24) is 15.2 Å². The molecular weight excluding hydrogens is 246 g/mol. The van der Waals surface area contributed by atoms with E-state index in [1.54, 1.807) is 0 Å². The lowest BCUT2D eigenvalue weighted by Gasteiger charge is -2.37. The minimum Gasteiger partial charge on any atom is -0.313 e. The van der Waals surface area contributed by atoms with Crippen LogP contribution >= 0.6 is 0 Å². The Morgan fingerprint density at radius 3 is 2.95 bits per heavy atom. The molecule has 0 aromatic carbocycles. The second kappa shape index (κ2) is 6.68. The molecule has 0 bridgehead atoms. The Balaban J connectivity index is 1.59. The van der Waals surface area contributed by atoms with Crippen LogP contribution in [-0.2, 0) is 13.1 Å². The first kappa shape index (κ1) is 14.0. The topological polar surface area (TPSA) is 28.2 Å². The molecule has 0 spiro atoms. The first-order chi connectivity index (χ1) is 9.86. The van der Waals surface area contributed by atoms with Gasteiger partial charge in [0, 0.05) is 25.3 Å². The molecule has 1 aliphatic heterocycles. The normalized spacial score (nSPS) is 26.6. The van der Waals surface area contributed by atoms with Gasteiger partial charge in [-0.05, 0) is 56.3 Å². The summed E-state index contributed by atoms with van der Waals surface area (Å²) in [5.41, 5.74) is 2.52. The summed E-state index contributed by atoms with van der Waals surface area (Å²) in [4.78, 5) is 7.35. The molecule has 1 aromatic heterocycles. The minimum atomic E-state index is 0.840. The van der Waals surface area contributed by atoms with Crippen molar-refractivity contribution in [3.05, 3.63) is 29.6 Å². The summed E-state index contributed by atoms with van der Waals surface area (Å²) < 4.78 is 0. The Bertz CT molecular complexity index is 415. The molecule has 20 heavy (non-hydrogen) atoms. The van der Waals surface area contributed by atoms with E-state index in [2.05, 4.69) is 34.3 Å². The molecule has 2 atom stereocenters. The molecule has 2 fully saturated rings. The summed E-state index contributed by atoms with van der Waals surface area (Å²) in [6.45, 7) is 6.39. The summed E-state index contributed by atoms with van der Waals surface area (Å²) in [7, 11) is 0. The molecule has 0 radical (unpaired) electrons. The second-order valence-electron chi connectivity index (χ2n) is 6.31. The molecule has 2 unspecified atom stereocenters. The molecule has 1 aromatic rings. The molecule has 1 N–H and O–H groups in total. The molecule has 3 nitrogen and oxygen atoms in total. The highest BCUT2D eigenvalue weighted by molar-refractivity contribution is 5.14. The minimum absolute atomic E-state index is 0.840. The van der Waals surface area contributed by atoms with Gasteiger partial charge in [0.25, 0.3) is 0 Å². The average molecular weight is 273 g/mol. The van der Waals surface area contributed by atoms with E-state index in [-0.39, 0.29) is 0 Å². The van der Waals surface area contributed by atoms with Crippen LogP contribution < -0.4 is 5.32 Å². The van der Waals surface area contributed by atoms with Crippen molar-refractivity contribution in [2.45, 2.75) is 58.2 Å². The second-order valence-corrected chi connectivity index (χ2v) is 6.31. The third kappa shape index (κ3) is 3.21. The zero-order valence-electron chi connectivity index (χ0n) is 12.6. The number of nitrogens with one attached hydrogen (secondary N) is 1. The standard InChI is InChI=1S/C17H27N3/c1-2-18-11-14-8-9-16(19-12-14)13-20-10-4-6-15-5-3-7-17(15)20/h8-9,12,15,17-18H,2-7,10-11,13H2,1H3. The fraction of sp³-hybridized carbons (Fsp3) is 0.706. The molecule has 110 valence electrons. The number of aromatic nitrogens is 1. The Morgan fingerprint density at radius 1 is 1.25 bits per heavy atom. The highest BCUT2D eigenvalue weighted by atomic mass is 15.2. The summed E-state index contributed by atoms with van der Waals surface area (Å²) in [6, 6.07) is 5.28. The number of pyridine rings is 1. The monoisotopic (exact) mass is 273 g/mol. The van der Waals surface area contributed by atoms with E-state index >= 15 is 0 Å². The molecule has 1 saturated heterocycles. The molecule has 1 saturated carbocycles. The van der Waals surface area contributed by atoms with E-state index < -0.39 is 0 Å². The van der Waals surface area contributed by atoms with Crippen LogP contribution in [0.3, 0.4) is 0 Å². The van der Waals surface area contributed by atoms with Crippen LogP contribution in [0.2, 0.25) is 0 Å². The van der Waals surface area contributed by atoms with Crippen molar-refractivity contribution in [3.63, 3.8) is 0 Å². The summed E-state index contributed by atoms with van der Waals surface area (Å²) in [5.74, 6) is 0.969. The van der Waals surface area contributed by atoms with Crippen molar-refractivity contribution >= 4 is 0 Å². The van der Waals surface area contributed by atoms with Gasteiger partial charge in [0.05, 0.1) is 5.69 Å². The van der Waals surface area contributed by atoms with E-state index in [0.29, 0.717) is 0 Å². The van der Waals surface area contributed by atoms with Gasteiger partial charge in [0.1, 0.15) is 0 Å². The lowest BCUT2D eigenvalue weighted by molar-refractivity contribution is 0.104. The van der Waals surface area contributed by atoms with Gasteiger partial charge in [-0.15, -0.1) is 0 Å². The maximum absolute atomic E-state index is 4.66. The Morgan fingerprint density at radius 2 is 2.15 bits per heavy atom. The lowest BCUT2D eigenvalue weighted by atomic mass is 9.92. The van der Waals surface area contributed by atoms with E-state index in [1.165, 1.54) is 49.9 Å². The Kier molecular flexibility index (Phi) is 4.69. The van der Waals surface area contributed by atoms with Crippen LogP contribution in [0.25, 0.3) is 0 Å². The molecule has 2 aliphatic rings. The third-order valence-electron chi connectivity index (χ3n) is 4.94. The summed E-state index contributed by atoms with van der Waals surface area (Å²) >= 11 is 0. The summed E-state index contributed by atoms with van der Waals surface area (Å²) in [5, 5.41) is 3.35. The Labute approximate surface area is 122 Å². The average Bonchev–Trinajstić information content (AvgIpc) is 2.96. The Hall–Kier alpha value is -0.930. The highest BCUT2D eigenvalue weighted by Gasteiger charge is 2.34. The van der Waals surface area contributed by atoms with Crippen molar-refractivity contribution in [3.8, 4) is 0 Å². The number of fused-ring (bicyclic) bond motifs is 1. The molecule has 3 rings (SSSR count). The number of likely N-dealkylation sites (tertiary alicyclic amines) is 1. The molecule has 2 heterocycles. The van der Waals surface area contributed by atoms with Gasteiger partial charge in [0.15, 0.2) is 0 Å². The van der Waals surface area contributed by atoms with Crippen LogP contribution in [0, 0.1) is 5.92 Å². The molecule has 3 heteroatoms. The quantitative estimate of drug-likeness (QED) is 0.894. The van der Waals surface area contributed by atoms with E-state index in [4.69, 9.17) is 0 Å². The zero-order valence-corrected chi connectivity index (χ0v) is 12.6. The van der Waals surface area contributed by atoms with Crippen LogP contribution in [0.15, 0.2) is 18.3 Å². The van der Waals surface area contributed by atoms with E-state index in [0.717, 1.165) is 31.6 Å². The van der Waals surface area contributed by atoms with E-state index in [1.807, 2.05) is 6.20 Å². The third-order valence-corrected chi connectivity index (χ3v) is 4.94. The maximum atomic E-state index is 4.66. The maximum Gasteiger partial charge on any atom is 0.0544 e. The van der Waals surface area contributed by atoms with Crippen molar-refractivity contribution in [2.75, 3.05) is 13.1 Å². The zero-order chi connectivity index (χ0) is 13.8. The first-order valence-electron chi connectivity index (χ1n) is 8.25. The van der Waals surface area contributed by atoms with Gasteiger partial charge in [0.2, 0.25) is 0 Å². The number of hydrogen-bond donors (Lipinski definition) is 1. The van der Waals surface area contributed by atoms with Gasteiger partial charge in [-0.2, -0.15) is 0 Å². The number of piperidine rings is 1. The van der Waals surface area contributed by atoms with Gasteiger partial charge in [-0.25, -0.2) is 0 Å². The number of hydrogen-bond acceptors (Lipinski definition) is 3. The van der Waals surface area contributed by atoms with Crippen LogP contribution in [0.5, 0.6) is 0 Å².